The largest absolute Gasteiger partial charge is 0.458 e. The van der Waals surface area contributed by atoms with Crippen LogP contribution in [0.25, 0.3) is 0 Å². The first-order valence-corrected chi connectivity index (χ1v) is 15.1. The second-order valence-corrected chi connectivity index (χ2v) is 16.4. The number of ether oxygens (including phenoxy) is 7. The molecule has 0 aliphatic carbocycles. The van der Waals surface area contributed by atoms with E-state index in [1.165, 1.54) is 20.8 Å². The van der Waals surface area contributed by atoms with Crippen LogP contribution in [0.1, 0.15) is 61.8 Å². The molecule has 3 saturated heterocycles. The highest BCUT2D eigenvalue weighted by atomic mass is 28.4. The summed E-state index contributed by atoms with van der Waals surface area (Å²) in [6.45, 7) is 17.8. The summed E-state index contributed by atoms with van der Waals surface area (Å²) in [6.07, 6.45) is -5.97. The van der Waals surface area contributed by atoms with Gasteiger partial charge in [0.15, 0.2) is 32.1 Å². The molecule has 0 aromatic carbocycles. The van der Waals surface area contributed by atoms with Crippen molar-refractivity contribution >= 4 is 26.2 Å². The van der Waals surface area contributed by atoms with E-state index in [-0.39, 0.29) is 18.1 Å². The average molecular weight is 533 g/mol. The van der Waals surface area contributed by atoms with E-state index >= 15 is 0 Å². The van der Waals surface area contributed by atoms with Crippen molar-refractivity contribution in [2.45, 2.75) is 128 Å². The molecule has 3 fully saturated rings. The molecule has 0 bridgehead atoms. The number of carbonyl (C=O) groups is 3. The Labute approximate surface area is 213 Å². The molecule has 7 atom stereocenters. The van der Waals surface area contributed by atoms with Crippen molar-refractivity contribution in [3.05, 3.63) is 0 Å². The molecule has 0 N–H and O–H groups in total. The number of fused-ring (bicyclic) bond motifs is 2. The Balaban J connectivity index is 2.10. The van der Waals surface area contributed by atoms with Crippen molar-refractivity contribution in [1.82, 2.24) is 0 Å². The molecule has 1 spiro atoms. The fourth-order valence-electron chi connectivity index (χ4n) is 4.62. The molecular weight excluding hydrogens is 492 g/mol. The van der Waals surface area contributed by atoms with Gasteiger partial charge in [-0.1, -0.05) is 20.8 Å². The van der Waals surface area contributed by atoms with Crippen molar-refractivity contribution in [3.63, 3.8) is 0 Å². The minimum Gasteiger partial charge on any atom is -0.458 e. The van der Waals surface area contributed by atoms with E-state index in [0.29, 0.717) is 0 Å². The van der Waals surface area contributed by atoms with Crippen LogP contribution in [0.5, 0.6) is 0 Å². The summed E-state index contributed by atoms with van der Waals surface area (Å²) in [5.74, 6) is -2.83. The molecule has 3 aliphatic rings. The minimum absolute atomic E-state index is 0.0453. The summed E-state index contributed by atoms with van der Waals surface area (Å²) >= 11 is 0. The van der Waals surface area contributed by atoms with E-state index < -0.39 is 74.6 Å². The predicted molar refractivity (Wildman–Crippen MR) is 127 cm³/mol. The Morgan fingerprint density at radius 3 is 2.03 bits per heavy atom. The van der Waals surface area contributed by atoms with Gasteiger partial charge in [0.25, 0.3) is 0 Å². The van der Waals surface area contributed by atoms with Crippen LogP contribution in [0.3, 0.4) is 0 Å². The van der Waals surface area contributed by atoms with E-state index in [2.05, 4.69) is 33.9 Å². The Morgan fingerprint density at radius 2 is 1.50 bits per heavy atom. The quantitative estimate of drug-likeness (QED) is 0.285. The number of esters is 3. The highest BCUT2D eigenvalue weighted by Crippen LogP contribution is 2.52. The number of carbonyl (C=O) groups excluding carboxylic acids is 3. The van der Waals surface area contributed by atoms with Gasteiger partial charge in [-0.2, -0.15) is 0 Å². The van der Waals surface area contributed by atoms with E-state index in [9.17, 15) is 14.4 Å². The van der Waals surface area contributed by atoms with Crippen LogP contribution < -0.4 is 0 Å². The highest BCUT2D eigenvalue weighted by Gasteiger charge is 2.73. The van der Waals surface area contributed by atoms with E-state index in [1.54, 1.807) is 13.8 Å². The Bertz CT molecular complexity index is 867. The third-order valence-corrected chi connectivity index (χ3v) is 11.7. The number of rotatable bonds is 6. The second-order valence-electron chi connectivity index (χ2n) is 11.5. The zero-order valence-corrected chi connectivity index (χ0v) is 23.9. The van der Waals surface area contributed by atoms with Crippen molar-refractivity contribution in [2.75, 3.05) is 6.61 Å². The van der Waals surface area contributed by atoms with Crippen molar-refractivity contribution in [3.8, 4) is 0 Å². The summed E-state index contributed by atoms with van der Waals surface area (Å²) in [4.78, 5) is 36.2. The van der Waals surface area contributed by atoms with Crippen molar-refractivity contribution < 1.29 is 52.0 Å². The smallest absolute Gasteiger partial charge is 0.304 e. The lowest BCUT2D eigenvalue weighted by atomic mass is 9.80. The summed E-state index contributed by atoms with van der Waals surface area (Å²) in [5, 5.41) is -0.0904. The van der Waals surface area contributed by atoms with Crippen molar-refractivity contribution in [2.24, 2.45) is 0 Å². The lowest BCUT2D eigenvalue weighted by molar-refractivity contribution is -0.331. The maximum Gasteiger partial charge on any atom is 0.304 e. The molecule has 0 saturated carbocycles. The summed E-state index contributed by atoms with van der Waals surface area (Å²) in [7, 11) is -2.25. The zero-order valence-electron chi connectivity index (χ0n) is 22.9. The van der Waals surface area contributed by atoms with Gasteiger partial charge in [-0.05, 0) is 32.0 Å². The van der Waals surface area contributed by atoms with Crippen LogP contribution in [0, 0.1) is 0 Å². The first-order valence-electron chi connectivity index (χ1n) is 12.2. The van der Waals surface area contributed by atoms with Crippen LogP contribution in [-0.4, -0.2) is 81.2 Å². The van der Waals surface area contributed by atoms with Gasteiger partial charge >= 0.3 is 17.9 Å². The Hall–Kier alpha value is -1.57. The lowest BCUT2D eigenvalue weighted by Crippen LogP contribution is -2.70. The first kappa shape index (κ1) is 29.0. The summed E-state index contributed by atoms with van der Waals surface area (Å²) in [6, 6.07) is 0. The highest BCUT2D eigenvalue weighted by molar-refractivity contribution is 6.74. The lowest BCUT2D eigenvalue weighted by Gasteiger charge is -2.50. The van der Waals surface area contributed by atoms with Gasteiger partial charge in [-0.3, -0.25) is 14.4 Å². The minimum atomic E-state index is -2.25. The molecule has 206 valence electrons. The molecule has 3 heterocycles. The van der Waals surface area contributed by atoms with Crippen LogP contribution >= 0.6 is 0 Å². The molecule has 11 nitrogen and oxygen atoms in total. The maximum absolute atomic E-state index is 12.3. The number of hydrogen-bond acceptors (Lipinski definition) is 11. The fraction of sp³-hybridized carbons (Fsp3) is 0.875. The topological polar surface area (TPSA) is 125 Å². The number of hydrogen-bond donors (Lipinski definition) is 0. The molecular formula is C24H40O11Si. The van der Waals surface area contributed by atoms with Crippen molar-refractivity contribution in [1.29, 1.82) is 0 Å². The van der Waals surface area contributed by atoms with Crippen LogP contribution in [-0.2, 0) is 52.0 Å². The third kappa shape index (κ3) is 5.78. The molecule has 3 aliphatic heterocycles. The fourth-order valence-corrected chi connectivity index (χ4v) is 5.62. The van der Waals surface area contributed by atoms with Gasteiger partial charge in [-0.25, -0.2) is 0 Å². The van der Waals surface area contributed by atoms with Gasteiger partial charge in [0.2, 0.25) is 6.29 Å². The zero-order chi connectivity index (χ0) is 27.3. The predicted octanol–water partition coefficient (Wildman–Crippen LogP) is 2.80. The van der Waals surface area contributed by atoms with Gasteiger partial charge in [0, 0.05) is 20.8 Å². The Kier molecular flexibility index (Phi) is 8.01. The molecule has 36 heavy (non-hydrogen) atoms. The van der Waals surface area contributed by atoms with Gasteiger partial charge in [0.05, 0.1) is 13.0 Å². The molecule has 0 unspecified atom stereocenters. The average Bonchev–Trinajstić information content (AvgIpc) is 3.12. The second kappa shape index (κ2) is 9.95. The summed E-state index contributed by atoms with van der Waals surface area (Å²) < 4.78 is 48.2. The van der Waals surface area contributed by atoms with E-state index in [1.807, 2.05) is 0 Å². The SMILES string of the molecule is CC(=O)O[C@H]1C[C@H](OC(C)=O)[C@@H](OC(C)=O)[C@@]2(O1)[C@@H](CO[Si](C)(C)C(C)(C)C)O[C@@H]1OC(C)(C)O[C@@H]12. The van der Waals surface area contributed by atoms with Crippen LogP contribution in [0.4, 0.5) is 0 Å². The van der Waals surface area contributed by atoms with E-state index in [0.717, 1.165) is 0 Å². The van der Waals surface area contributed by atoms with Gasteiger partial charge in [-0.15, -0.1) is 0 Å². The van der Waals surface area contributed by atoms with Crippen LogP contribution in [0.15, 0.2) is 0 Å². The normalized spacial score (nSPS) is 35.8. The Morgan fingerprint density at radius 1 is 0.917 bits per heavy atom. The van der Waals surface area contributed by atoms with Gasteiger partial charge < -0.3 is 37.6 Å². The van der Waals surface area contributed by atoms with Crippen LogP contribution in [0.2, 0.25) is 18.1 Å². The standard InChI is InChI=1S/C24H40O11Si/c1-13(25)29-16-11-18(30-14(2)26)33-24(19(16)31-15(3)27)17(12-28-36(9,10)22(4,5)6)32-21-20(24)34-23(7,8)35-21/h16-21H,11-12H2,1-10H3/t16-,17+,18+,19+,20-,21+,24-/m0/s1. The monoisotopic (exact) mass is 532 g/mol. The molecule has 0 aromatic rings. The third-order valence-electron chi connectivity index (χ3n) is 7.16. The molecule has 3 rings (SSSR count). The summed E-state index contributed by atoms with van der Waals surface area (Å²) in [5.41, 5.74) is -1.56. The van der Waals surface area contributed by atoms with Gasteiger partial charge in [0.1, 0.15) is 18.3 Å². The molecule has 12 heteroatoms. The van der Waals surface area contributed by atoms with E-state index in [4.69, 9.17) is 37.6 Å². The molecule has 0 amide bonds. The molecule has 0 aromatic heterocycles. The first-order chi connectivity index (χ1) is 16.4. The maximum atomic E-state index is 12.3. The molecule has 0 radical (unpaired) electrons.